The van der Waals surface area contributed by atoms with Gasteiger partial charge in [-0.3, -0.25) is 0 Å². The number of rotatable bonds is 5. The molecule has 0 radical (unpaired) electrons. The average molecular weight is 405 g/mol. The maximum atomic E-state index is 12.2. The van der Waals surface area contributed by atoms with Gasteiger partial charge in [0.2, 0.25) is 0 Å². The van der Waals surface area contributed by atoms with Crippen LogP contribution in [0.4, 0.5) is 5.69 Å². The number of aromatic amines is 1. The highest BCUT2D eigenvalue weighted by molar-refractivity contribution is 5.94. The van der Waals surface area contributed by atoms with Gasteiger partial charge in [0, 0.05) is 23.3 Å². The van der Waals surface area contributed by atoms with E-state index < -0.39 is 5.97 Å². The van der Waals surface area contributed by atoms with E-state index in [1.54, 1.807) is 6.92 Å². The lowest BCUT2D eigenvalue weighted by atomic mass is 9.79. The van der Waals surface area contributed by atoms with Crippen molar-refractivity contribution < 1.29 is 9.53 Å². The molecule has 0 aliphatic carbocycles. The van der Waals surface area contributed by atoms with Gasteiger partial charge >= 0.3 is 5.97 Å². The van der Waals surface area contributed by atoms with Crippen LogP contribution < -0.4 is 4.90 Å². The van der Waals surface area contributed by atoms with Crippen LogP contribution in [0, 0.1) is 0 Å². The first kappa shape index (κ1) is 20.1. The quantitative estimate of drug-likeness (QED) is 0.610. The Morgan fingerprint density at radius 1 is 1.20 bits per heavy atom. The molecule has 2 heterocycles. The van der Waals surface area contributed by atoms with Gasteiger partial charge in [0.25, 0.3) is 0 Å². The Morgan fingerprint density at radius 2 is 1.97 bits per heavy atom. The van der Waals surface area contributed by atoms with Crippen LogP contribution in [0.3, 0.4) is 0 Å². The van der Waals surface area contributed by atoms with Crippen LogP contribution in [0.15, 0.2) is 48.5 Å². The number of benzene rings is 2. The minimum atomic E-state index is -0.459. The lowest BCUT2D eigenvalue weighted by Crippen LogP contribution is -2.47. The first-order valence-corrected chi connectivity index (χ1v) is 10.4. The van der Waals surface area contributed by atoms with Gasteiger partial charge in [0.05, 0.1) is 6.61 Å². The molecule has 1 atom stereocenters. The van der Waals surface area contributed by atoms with Gasteiger partial charge < -0.3 is 9.64 Å². The van der Waals surface area contributed by atoms with Gasteiger partial charge in [-0.2, -0.15) is 10.3 Å². The zero-order chi connectivity index (χ0) is 21.3. The van der Waals surface area contributed by atoms with Crippen molar-refractivity contribution in [3.8, 4) is 11.3 Å². The Morgan fingerprint density at radius 3 is 2.70 bits per heavy atom. The van der Waals surface area contributed by atoms with E-state index in [4.69, 9.17) is 4.74 Å². The molecule has 1 N–H and O–H groups in total. The Bertz CT molecular complexity index is 1040. The van der Waals surface area contributed by atoms with E-state index in [1.165, 1.54) is 16.8 Å². The number of esters is 1. The number of anilines is 1. The summed E-state index contributed by atoms with van der Waals surface area (Å²) < 4.78 is 5.12. The molecule has 1 aromatic heterocycles. The normalized spacial score (nSPS) is 17.5. The van der Waals surface area contributed by atoms with Crippen LogP contribution in [-0.2, 0) is 11.3 Å². The van der Waals surface area contributed by atoms with E-state index in [9.17, 15) is 4.79 Å². The number of nitrogens with one attached hydrogen (secondary N) is 1. The fraction of sp³-hybridized carbons (Fsp3) is 0.375. The Balaban J connectivity index is 1.74. The van der Waals surface area contributed by atoms with Gasteiger partial charge in [-0.15, -0.1) is 5.10 Å². The second-order valence-corrected chi connectivity index (χ2v) is 8.50. The summed E-state index contributed by atoms with van der Waals surface area (Å²) in [7, 11) is 0. The highest BCUT2D eigenvalue weighted by Crippen LogP contribution is 2.45. The molecule has 156 valence electrons. The maximum absolute atomic E-state index is 12.2. The van der Waals surface area contributed by atoms with E-state index in [-0.39, 0.29) is 11.2 Å². The summed E-state index contributed by atoms with van der Waals surface area (Å²) in [4.78, 5) is 14.7. The highest BCUT2D eigenvalue weighted by Gasteiger charge is 2.36. The van der Waals surface area contributed by atoms with E-state index in [2.05, 4.69) is 77.5 Å². The van der Waals surface area contributed by atoms with Gasteiger partial charge in [0.15, 0.2) is 5.69 Å². The van der Waals surface area contributed by atoms with Crippen LogP contribution in [0.2, 0.25) is 0 Å². The fourth-order valence-electron chi connectivity index (χ4n) is 4.48. The summed E-state index contributed by atoms with van der Waals surface area (Å²) in [5.74, 6) is -0.0706. The van der Waals surface area contributed by atoms with E-state index in [0.29, 0.717) is 18.2 Å². The van der Waals surface area contributed by atoms with Crippen molar-refractivity contribution in [2.45, 2.75) is 52.1 Å². The summed E-state index contributed by atoms with van der Waals surface area (Å²) in [6.45, 7) is 9.81. The number of carbonyl (C=O) groups excluding carboxylic acids is 1. The van der Waals surface area contributed by atoms with Gasteiger partial charge in [0.1, 0.15) is 5.69 Å². The van der Waals surface area contributed by atoms with Crippen LogP contribution in [-0.4, -0.2) is 33.5 Å². The number of nitrogens with zero attached hydrogens (tertiary/aromatic N) is 3. The summed E-state index contributed by atoms with van der Waals surface area (Å²) >= 11 is 0. The van der Waals surface area contributed by atoms with Crippen molar-refractivity contribution in [3.05, 3.63) is 65.4 Å². The van der Waals surface area contributed by atoms with Gasteiger partial charge in [-0.1, -0.05) is 43.3 Å². The largest absolute Gasteiger partial charge is 0.461 e. The maximum Gasteiger partial charge on any atom is 0.361 e. The van der Waals surface area contributed by atoms with E-state index >= 15 is 0 Å². The van der Waals surface area contributed by atoms with Gasteiger partial charge in [-0.05, 0) is 56.4 Å². The van der Waals surface area contributed by atoms with Crippen molar-refractivity contribution in [2.24, 2.45) is 0 Å². The van der Waals surface area contributed by atoms with Crippen LogP contribution in [0.25, 0.3) is 11.3 Å². The van der Waals surface area contributed by atoms with Gasteiger partial charge in [-0.25, -0.2) is 4.79 Å². The second-order valence-electron chi connectivity index (χ2n) is 8.50. The predicted octanol–water partition coefficient (Wildman–Crippen LogP) is 4.94. The van der Waals surface area contributed by atoms with Crippen molar-refractivity contribution in [1.82, 2.24) is 15.4 Å². The zero-order valence-corrected chi connectivity index (χ0v) is 18.0. The molecule has 0 amide bonds. The smallest absolute Gasteiger partial charge is 0.361 e. The molecule has 0 bridgehead atoms. The molecule has 1 aliphatic rings. The van der Waals surface area contributed by atoms with Crippen molar-refractivity contribution in [2.75, 3.05) is 11.5 Å². The van der Waals surface area contributed by atoms with Crippen molar-refractivity contribution >= 4 is 11.7 Å². The summed E-state index contributed by atoms with van der Waals surface area (Å²) in [5.41, 5.74) is 5.44. The molecule has 2 aromatic carbocycles. The monoisotopic (exact) mass is 404 g/mol. The molecule has 0 fully saturated rings. The van der Waals surface area contributed by atoms with Crippen LogP contribution in [0.5, 0.6) is 0 Å². The van der Waals surface area contributed by atoms with E-state index in [0.717, 1.165) is 18.5 Å². The molecule has 4 rings (SSSR count). The predicted molar refractivity (Wildman–Crippen MR) is 118 cm³/mol. The van der Waals surface area contributed by atoms with Crippen molar-refractivity contribution in [3.63, 3.8) is 0 Å². The molecular formula is C24H28N4O2. The SMILES string of the molecule is CCOC(=O)c1n[nH]nc1-c1ccc2c(c1)C(C)CC(C)(C)N2Cc1ccccc1. The topological polar surface area (TPSA) is 71.1 Å². The first-order valence-electron chi connectivity index (χ1n) is 10.4. The molecule has 30 heavy (non-hydrogen) atoms. The minimum Gasteiger partial charge on any atom is -0.461 e. The minimum absolute atomic E-state index is 0.0355. The Hall–Kier alpha value is -3.15. The molecule has 0 saturated heterocycles. The molecule has 6 heteroatoms. The zero-order valence-electron chi connectivity index (χ0n) is 18.0. The van der Waals surface area contributed by atoms with E-state index in [1.807, 2.05) is 12.1 Å². The first-order chi connectivity index (χ1) is 14.4. The highest BCUT2D eigenvalue weighted by atomic mass is 16.5. The second kappa shape index (κ2) is 7.94. The third-order valence-corrected chi connectivity index (χ3v) is 5.86. The number of fused-ring (bicyclic) bond motifs is 1. The number of hydrogen-bond donors (Lipinski definition) is 1. The Labute approximate surface area is 177 Å². The molecule has 0 saturated carbocycles. The molecule has 1 aliphatic heterocycles. The number of ether oxygens (including phenoxy) is 1. The number of carbonyl (C=O) groups is 1. The standard InChI is InChI=1S/C24H28N4O2/c1-5-30-23(29)22-21(25-27-26-22)18-11-12-20-19(13-18)16(2)14-24(3,4)28(20)15-17-9-7-6-8-10-17/h6-13,16H,5,14-15H2,1-4H3,(H,25,26,27). The molecular weight excluding hydrogens is 376 g/mol. The Kier molecular flexibility index (Phi) is 5.33. The number of hydrogen-bond acceptors (Lipinski definition) is 5. The van der Waals surface area contributed by atoms with Crippen LogP contribution >= 0.6 is 0 Å². The third kappa shape index (κ3) is 3.70. The third-order valence-electron chi connectivity index (χ3n) is 5.86. The fourth-order valence-corrected chi connectivity index (χ4v) is 4.48. The summed E-state index contributed by atoms with van der Waals surface area (Å²) in [5, 5.41) is 10.8. The molecule has 1 unspecified atom stereocenters. The molecule has 0 spiro atoms. The summed E-state index contributed by atoms with van der Waals surface area (Å²) in [6, 6.07) is 16.9. The number of aromatic nitrogens is 3. The van der Waals surface area contributed by atoms with Crippen molar-refractivity contribution in [1.29, 1.82) is 0 Å². The lowest BCUT2D eigenvalue weighted by molar-refractivity contribution is 0.0520. The average Bonchev–Trinajstić information content (AvgIpc) is 3.21. The lowest BCUT2D eigenvalue weighted by Gasteiger charge is -2.47. The molecule has 6 nitrogen and oxygen atoms in total. The summed E-state index contributed by atoms with van der Waals surface area (Å²) in [6.07, 6.45) is 1.04. The molecule has 3 aromatic rings. The number of H-pyrrole nitrogens is 1. The van der Waals surface area contributed by atoms with Crippen LogP contribution in [0.1, 0.15) is 61.6 Å².